The summed E-state index contributed by atoms with van der Waals surface area (Å²) < 4.78 is 5.39. The summed E-state index contributed by atoms with van der Waals surface area (Å²) in [5.74, 6) is 0. The zero-order valence-electron chi connectivity index (χ0n) is 13.0. The molecule has 114 valence electrons. The fraction of sp³-hybridized carbons (Fsp3) is 1.00. The Balaban J connectivity index is 2.18. The summed E-state index contributed by atoms with van der Waals surface area (Å²) in [4.78, 5) is 2.52. The lowest BCUT2D eigenvalue weighted by Gasteiger charge is -2.33. The molecule has 1 aliphatic heterocycles. The van der Waals surface area contributed by atoms with Crippen molar-refractivity contribution >= 4 is 0 Å². The quantitative estimate of drug-likeness (QED) is 0.669. The van der Waals surface area contributed by atoms with E-state index in [4.69, 9.17) is 4.74 Å². The third kappa shape index (κ3) is 6.21. The molecule has 2 N–H and O–H groups in total. The van der Waals surface area contributed by atoms with E-state index in [-0.39, 0.29) is 12.1 Å². The molecular weight excluding hydrogens is 240 g/mol. The van der Waals surface area contributed by atoms with Gasteiger partial charge >= 0.3 is 0 Å². The fourth-order valence-electron chi connectivity index (χ4n) is 2.71. The number of nitrogens with one attached hydrogen (secondary N) is 1. The van der Waals surface area contributed by atoms with Gasteiger partial charge in [-0.15, -0.1) is 0 Å². The fourth-order valence-corrected chi connectivity index (χ4v) is 2.71. The van der Waals surface area contributed by atoms with Gasteiger partial charge in [0.1, 0.15) is 0 Å². The maximum Gasteiger partial charge on any atom is 0.0610 e. The van der Waals surface area contributed by atoms with Crippen molar-refractivity contribution in [1.82, 2.24) is 10.2 Å². The van der Waals surface area contributed by atoms with E-state index >= 15 is 0 Å². The highest BCUT2D eigenvalue weighted by molar-refractivity contribution is 4.83. The summed E-state index contributed by atoms with van der Waals surface area (Å²) in [6.07, 6.45) is 6.06. The van der Waals surface area contributed by atoms with Crippen molar-refractivity contribution in [3.05, 3.63) is 0 Å². The van der Waals surface area contributed by atoms with Crippen molar-refractivity contribution in [2.45, 2.75) is 57.6 Å². The summed E-state index contributed by atoms with van der Waals surface area (Å²) >= 11 is 0. The number of nitrogens with zero attached hydrogens (tertiary/aromatic N) is 1. The van der Waals surface area contributed by atoms with Gasteiger partial charge in [-0.2, -0.15) is 0 Å². The van der Waals surface area contributed by atoms with Gasteiger partial charge in [0.2, 0.25) is 0 Å². The molecule has 19 heavy (non-hydrogen) atoms. The van der Waals surface area contributed by atoms with Gasteiger partial charge in [-0.05, 0) is 52.1 Å². The molecule has 0 bridgehead atoms. The second-order valence-electron chi connectivity index (χ2n) is 6.03. The number of aliphatic hydroxyl groups is 1. The molecule has 1 unspecified atom stereocenters. The van der Waals surface area contributed by atoms with E-state index < -0.39 is 0 Å². The minimum absolute atomic E-state index is 0.110. The molecule has 0 saturated carbocycles. The number of likely N-dealkylation sites (tertiary alicyclic amines) is 1. The van der Waals surface area contributed by atoms with Crippen LogP contribution in [0.25, 0.3) is 0 Å². The molecule has 0 spiro atoms. The molecule has 1 heterocycles. The number of aliphatic hydroxyl groups excluding tert-OH is 1. The van der Waals surface area contributed by atoms with Crippen LogP contribution in [0.4, 0.5) is 0 Å². The van der Waals surface area contributed by atoms with Gasteiger partial charge in [-0.1, -0.05) is 6.92 Å². The Bertz CT molecular complexity index is 230. The number of hydrogen-bond donors (Lipinski definition) is 2. The number of piperidine rings is 1. The molecule has 4 heteroatoms. The molecule has 4 nitrogen and oxygen atoms in total. The van der Waals surface area contributed by atoms with Crippen LogP contribution < -0.4 is 5.32 Å². The average molecular weight is 272 g/mol. The summed E-state index contributed by atoms with van der Waals surface area (Å²) in [6.45, 7) is 8.92. The predicted molar refractivity (Wildman–Crippen MR) is 79.5 cm³/mol. The molecule has 0 amide bonds. The standard InChI is InChI=1S/C15H32N2O2/c1-4-9-16-15(2,13-18)8-5-10-17-11-6-14(19-3)7-12-17/h14,16,18H,4-13H2,1-3H3. The Morgan fingerprint density at radius 1 is 1.37 bits per heavy atom. The van der Waals surface area contributed by atoms with Gasteiger partial charge < -0.3 is 20.1 Å². The summed E-state index contributed by atoms with van der Waals surface area (Å²) in [6, 6.07) is 0. The van der Waals surface area contributed by atoms with Crippen LogP contribution in [0.5, 0.6) is 0 Å². The van der Waals surface area contributed by atoms with E-state index in [1.807, 2.05) is 7.11 Å². The summed E-state index contributed by atoms with van der Waals surface area (Å²) in [7, 11) is 1.81. The Kier molecular flexibility index (Phi) is 7.91. The largest absolute Gasteiger partial charge is 0.394 e. The van der Waals surface area contributed by atoms with E-state index in [2.05, 4.69) is 24.1 Å². The number of methoxy groups -OCH3 is 1. The number of rotatable bonds is 9. The van der Waals surface area contributed by atoms with Crippen LogP contribution in [0.15, 0.2) is 0 Å². The summed E-state index contributed by atoms with van der Waals surface area (Å²) in [5.41, 5.74) is -0.110. The SMILES string of the molecule is CCCNC(C)(CO)CCCN1CCC(OC)CC1. The van der Waals surface area contributed by atoms with Gasteiger partial charge in [0.05, 0.1) is 12.7 Å². The maximum atomic E-state index is 9.52. The van der Waals surface area contributed by atoms with Crippen molar-refractivity contribution < 1.29 is 9.84 Å². The lowest BCUT2D eigenvalue weighted by Crippen LogP contribution is -2.46. The topological polar surface area (TPSA) is 44.7 Å². The zero-order chi connectivity index (χ0) is 14.1. The Hall–Kier alpha value is -0.160. The van der Waals surface area contributed by atoms with Crippen LogP contribution in [0.1, 0.15) is 46.0 Å². The van der Waals surface area contributed by atoms with Gasteiger partial charge in [0, 0.05) is 25.7 Å². The first-order valence-corrected chi connectivity index (χ1v) is 7.74. The van der Waals surface area contributed by atoms with Crippen molar-refractivity contribution in [3.63, 3.8) is 0 Å². The lowest BCUT2D eigenvalue weighted by atomic mass is 9.96. The predicted octanol–water partition coefficient (Wildman–Crippen LogP) is 1.63. The number of ether oxygens (including phenoxy) is 1. The van der Waals surface area contributed by atoms with Crippen LogP contribution in [0, 0.1) is 0 Å². The molecule has 0 aromatic rings. The molecule has 0 aliphatic carbocycles. The van der Waals surface area contributed by atoms with Gasteiger partial charge in [-0.3, -0.25) is 0 Å². The van der Waals surface area contributed by atoms with Crippen LogP contribution in [0.2, 0.25) is 0 Å². The molecule has 1 atom stereocenters. The van der Waals surface area contributed by atoms with E-state index in [9.17, 15) is 5.11 Å². The molecule has 1 saturated heterocycles. The highest BCUT2D eigenvalue weighted by Crippen LogP contribution is 2.16. The molecule has 1 fully saturated rings. The first-order chi connectivity index (χ1) is 9.13. The Labute approximate surface area is 118 Å². The van der Waals surface area contributed by atoms with Gasteiger partial charge in [-0.25, -0.2) is 0 Å². The van der Waals surface area contributed by atoms with Crippen LogP contribution in [-0.2, 0) is 4.74 Å². The zero-order valence-corrected chi connectivity index (χ0v) is 13.0. The van der Waals surface area contributed by atoms with Crippen LogP contribution in [-0.4, -0.2) is 61.5 Å². The van der Waals surface area contributed by atoms with Crippen molar-refractivity contribution in [2.24, 2.45) is 0 Å². The minimum atomic E-state index is -0.110. The first kappa shape index (κ1) is 16.9. The normalized spacial score (nSPS) is 21.5. The third-order valence-corrected chi connectivity index (χ3v) is 4.22. The molecular formula is C15H32N2O2. The molecule has 1 rings (SSSR count). The van der Waals surface area contributed by atoms with E-state index in [1.54, 1.807) is 0 Å². The van der Waals surface area contributed by atoms with E-state index in [0.29, 0.717) is 6.10 Å². The van der Waals surface area contributed by atoms with Crippen molar-refractivity contribution in [3.8, 4) is 0 Å². The highest BCUT2D eigenvalue weighted by Gasteiger charge is 2.23. The minimum Gasteiger partial charge on any atom is -0.394 e. The monoisotopic (exact) mass is 272 g/mol. The van der Waals surface area contributed by atoms with E-state index in [0.717, 1.165) is 58.3 Å². The molecule has 0 aromatic carbocycles. The number of hydrogen-bond acceptors (Lipinski definition) is 4. The first-order valence-electron chi connectivity index (χ1n) is 7.74. The van der Waals surface area contributed by atoms with E-state index in [1.165, 1.54) is 0 Å². The van der Waals surface area contributed by atoms with Crippen LogP contribution in [0.3, 0.4) is 0 Å². The average Bonchev–Trinajstić information content (AvgIpc) is 2.46. The Morgan fingerprint density at radius 3 is 2.58 bits per heavy atom. The van der Waals surface area contributed by atoms with Crippen LogP contribution >= 0.6 is 0 Å². The molecule has 1 aliphatic rings. The maximum absolute atomic E-state index is 9.52. The molecule has 0 aromatic heterocycles. The van der Waals surface area contributed by atoms with Crippen molar-refractivity contribution in [2.75, 3.05) is 39.9 Å². The van der Waals surface area contributed by atoms with Gasteiger partial charge in [0.15, 0.2) is 0 Å². The van der Waals surface area contributed by atoms with Crippen molar-refractivity contribution in [1.29, 1.82) is 0 Å². The smallest absolute Gasteiger partial charge is 0.0610 e. The Morgan fingerprint density at radius 2 is 2.05 bits per heavy atom. The lowest BCUT2D eigenvalue weighted by molar-refractivity contribution is 0.0396. The summed E-state index contributed by atoms with van der Waals surface area (Å²) in [5, 5.41) is 13.0. The molecule has 0 radical (unpaired) electrons. The third-order valence-electron chi connectivity index (χ3n) is 4.22. The second kappa shape index (κ2) is 8.90. The highest BCUT2D eigenvalue weighted by atomic mass is 16.5. The van der Waals surface area contributed by atoms with Gasteiger partial charge in [0.25, 0.3) is 0 Å². The second-order valence-corrected chi connectivity index (χ2v) is 6.03.